The maximum Gasteiger partial charge on any atom is 0.420 e. The smallest absolute Gasteiger partial charge is 0.420 e. The Morgan fingerprint density at radius 2 is 1.87 bits per heavy atom. The third kappa shape index (κ3) is 4.68. The molecule has 3 N–H and O–H groups in total. The Morgan fingerprint density at radius 1 is 1.03 bits per heavy atom. The summed E-state index contributed by atoms with van der Waals surface area (Å²) in [5.74, 6) is -1.04. The van der Waals surface area contributed by atoms with Crippen molar-refractivity contribution in [2.45, 2.75) is 13.1 Å². The van der Waals surface area contributed by atoms with Gasteiger partial charge in [0.15, 0.2) is 17.1 Å². The van der Waals surface area contributed by atoms with E-state index in [1.54, 1.807) is 30.5 Å². The molecule has 0 aliphatic carbocycles. The van der Waals surface area contributed by atoms with E-state index < -0.39 is 29.1 Å². The summed E-state index contributed by atoms with van der Waals surface area (Å²) in [6.07, 6.45) is 0.757. The van der Waals surface area contributed by atoms with Crippen LogP contribution in [-0.4, -0.2) is 42.9 Å². The lowest BCUT2D eigenvalue weighted by Gasteiger charge is -2.16. The number of H-pyrrole nitrogens is 1. The van der Waals surface area contributed by atoms with Gasteiger partial charge in [0.2, 0.25) is 0 Å². The molecular formula is C25H19F3N8O2. The summed E-state index contributed by atoms with van der Waals surface area (Å²) in [4.78, 5) is 36.9. The van der Waals surface area contributed by atoms with E-state index in [-0.39, 0.29) is 0 Å². The number of carbonyl (C=O) groups excluding carboxylic acids is 1. The first-order valence-electron chi connectivity index (χ1n) is 11.1. The number of hydrogen-bond acceptors (Lipinski definition) is 8. The second kappa shape index (κ2) is 9.76. The van der Waals surface area contributed by atoms with Gasteiger partial charge in [-0.2, -0.15) is 13.2 Å². The molecule has 0 aliphatic rings. The molecule has 1 aromatic carbocycles. The Balaban J connectivity index is 1.46. The fourth-order valence-corrected chi connectivity index (χ4v) is 3.85. The summed E-state index contributed by atoms with van der Waals surface area (Å²) in [6, 6.07) is 9.35. The SMILES string of the molecule is COc1c(C(F)(F)F)ccnc1C(=O)Nc1ccc(C)c(Nc2ncccc2-c2ncnc3[nH]cnc23)c1. The first kappa shape index (κ1) is 24.6. The molecule has 5 rings (SSSR count). The van der Waals surface area contributed by atoms with Crippen LogP contribution >= 0.6 is 0 Å². The van der Waals surface area contributed by atoms with Gasteiger partial charge in [0.1, 0.15) is 28.9 Å². The number of aromatic amines is 1. The third-order valence-electron chi connectivity index (χ3n) is 5.66. The number of alkyl halides is 3. The Kier molecular flexibility index (Phi) is 6.33. The van der Waals surface area contributed by atoms with Crippen LogP contribution in [0.1, 0.15) is 21.6 Å². The summed E-state index contributed by atoms with van der Waals surface area (Å²) in [5.41, 5.74) is 2.53. The van der Waals surface area contributed by atoms with Crippen LogP contribution in [0.4, 0.5) is 30.4 Å². The summed E-state index contributed by atoms with van der Waals surface area (Å²) in [6.45, 7) is 1.85. The molecule has 0 fully saturated rings. The second-order valence-corrected chi connectivity index (χ2v) is 8.07. The Hall–Kier alpha value is -5.07. The van der Waals surface area contributed by atoms with Crippen LogP contribution in [0.15, 0.2) is 61.4 Å². The van der Waals surface area contributed by atoms with Crippen molar-refractivity contribution >= 4 is 34.3 Å². The topological polar surface area (TPSA) is 131 Å². The molecule has 0 atom stereocenters. The largest absolute Gasteiger partial charge is 0.494 e. The molecular weight excluding hydrogens is 501 g/mol. The summed E-state index contributed by atoms with van der Waals surface area (Å²) in [5, 5.41) is 5.84. The van der Waals surface area contributed by atoms with E-state index in [1.165, 1.54) is 12.7 Å². The highest BCUT2D eigenvalue weighted by Gasteiger charge is 2.36. The van der Waals surface area contributed by atoms with Gasteiger partial charge < -0.3 is 20.4 Å². The molecule has 192 valence electrons. The number of nitrogens with zero attached hydrogens (tertiary/aromatic N) is 5. The number of halogens is 3. The van der Waals surface area contributed by atoms with Gasteiger partial charge in [-0.1, -0.05) is 6.07 Å². The third-order valence-corrected chi connectivity index (χ3v) is 5.66. The minimum atomic E-state index is -4.71. The van der Waals surface area contributed by atoms with E-state index in [1.807, 2.05) is 13.0 Å². The predicted octanol–water partition coefficient (Wildman–Crippen LogP) is 5.14. The molecule has 0 saturated carbocycles. The maximum absolute atomic E-state index is 13.4. The molecule has 5 aromatic rings. The Morgan fingerprint density at radius 3 is 2.66 bits per heavy atom. The van der Waals surface area contributed by atoms with Crippen LogP contribution in [0, 0.1) is 6.92 Å². The number of aryl methyl sites for hydroxylation is 1. The number of methoxy groups -OCH3 is 1. The highest BCUT2D eigenvalue weighted by Crippen LogP contribution is 2.38. The van der Waals surface area contributed by atoms with Crippen molar-refractivity contribution in [2.75, 3.05) is 17.7 Å². The monoisotopic (exact) mass is 520 g/mol. The number of nitrogens with one attached hydrogen (secondary N) is 3. The van der Waals surface area contributed by atoms with Crippen LogP contribution in [0.3, 0.4) is 0 Å². The average molecular weight is 520 g/mol. The predicted molar refractivity (Wildman–Crippen MR) is 133 cm³/mol. The number of amides is 1. The molecule has 13 heteroatoms. The van der Waals surface area contributed by atoms with Crippen LogP contribution in [0.5, 0.6) is 5.75 Å². The number of benzene rings is 1. The lowest BCUT2D eigenvalue weighted by Crippen LogP contribution is -2.18. The molecule has 38 heavy (non-hydrogen) atoms. The molecule has 0 aliphatic heterocycles. The van der Waals surface area contributed by atoms with Crippen molar-refractivity contribution < 1.29 is 22.7 Å². The molecule has 1 amide bonds. The van der Waals surface area contributed by atoms with Crippen molar-refractivity contribution in [3.8, 4) is 17.0 Å². The molecule has 10 nitrogen and oxygen atoms in total. The highest BCUT2D eigenvalue weighted by atomic mass is 19.4. The van der Waals surface area contributed by atoms with Gasteiger partial charge in [0.05, 0.1) is 13.4 Å². The van der Waals surface area contributed by atoms with Crippen molar-refractivity contribution in [1.82, 2.24) is 29.9 Å². The summed E-state index contributed by atoms with van der Waals surface area (Å²) >= 11 is 0. The molecule has 4 heterocycles. The number of pyridine rings is 2. The quantitative estimate of drug-likeness (QED) is 0.281. The fourth-order valence-electron chi connectivity index (χ4n) is 3.85. The average Bonchev–Trinajstić information content (AvgIpc) is 3.39. The number of hydrogen-bond donors (Lipinski definition) is 3. The number of imidazole rings is 1. The van der Waals surface area contributed by atoms with Gasteiger partial charge in [0, 0.05) is 29.3 Å². The van der Waals surface area contributed by atoms with E-state index in [4.69, 9.17) is 4.74 Å². The summed E-state index contributed by atoms with van der Waals surface area (Å²) < 4.78 is 45.0. The first-order valence-corrected chi connectivity index (χ1v) is 11.1. The Bertz CT molecular complexity index is 1650. The van der Waals surface area contributed by atoms with E-state index >= 15 is 0 Å². The lowest BCUT2D eigenvalue weighted by molar-refractivity contribution is -0.138. The van der Waals surface area contributed by atoms with Crippen molar-refractivity contribution in [3.63, 3.8) is 0 Å². The second-order valence-electron chi connectivity index (χ2n) is 8.07. The zero-order chi connectivity index (χ0) is 26.9. The number of aromatic nitrogens is 6. The summed E-state index contributed by atoms with van der Waals surface area (Å²) in [7, 11) is 1.05. The highest BCUT2D eigenvalue weighted by molar-refractivity contribution is 6.05. The molecule has 0 bridgehead atoms. The van der Waals surface area contributed by atoms with Gasteiger partial charge in [0.25, 0.3) is 5.91 Å². The van der Waals surface area contributed by atoms with E-state index in [2.05, 4.69) is 40.5 Å². The van der Waals surface area contributed by atoms with E-state index in [0.717, 1.165) is 24.9 Å². The lowest BCUT2D eigenvalue weighted by atomic mass is 10.1. The number of rotatable bonds is 6. The molecule has 0 unspecified atom stereocenters. The van der Waals surface area contributed by atoms with Gasteiger partial charge in [-0.15, -0.1) is 0 Å². The minimum Gasteiger partial charge on any atom is -0.494 e. The number of anilines is 3. The molecule has 0 spiro atoms. The molecule has 0 saturated heterocycles. The molecule has 0 radical (unpaired) electrons. The van der Waals surface area contributed by atoms with E-state index in [9.17, 15) is 18.0 Å². The van der Waals surface area contributed by atoms with Crippen LogP contribution in [0.2, 0.25) is 0 Å². The van der Waals surface area contributed by atoms with E-state index in [0.29, 0.717) is 39.6 Å². The normalized spacial score (nSPS) is 11.4. The Labute approximate surface area is 213 Å². The number of fused-ring (bicyclic) bond motifs is 1. The maximum atomic E-state index is 13.4. The van der Waals surface area contributed by atoms with Gasteiger partial charge in [-0.3, -0.25) is 4.79 Å². The van der Waals surface area contributed by atoms with Crippen molar-refractivity contribution in [3.05, 3.63) is 78.3 Å². The first-order chi connectivity index (χ1) is 18.3. The zero-order valence-corrected chi connectivity index (χ0v) is 20.0. The van der Waals surface area contributed by atoms with Gasteiger partial charge >= 0.3 is 6.18 Å². The standard InChI is InChI=1S/C25H19F3N8O2/c1-13-5-6-14(35-24(37)20-21(38-2)16(7-9-29-20)25(26,27)28)10-17(13)36-22-15(4-3-8-30-22)18-19-23(33-11-31-18)34-12-32-19/h3-12H,1-2H3,(H,30,36)(H,35,37)(H,31,32,33,34). The van der Waals surface area contributed by atoms with Crippen LogP contribution in [0.25, 0.3) is 22.4 Å². The zero-order valence-electron chi connectivity index (χ0n) is 20.0. The van der Waals surface area contributed by atoms with Gasteiger partial charge in [-0.05, 0) is 42.8 Å². The van der Waals surface area contributed by atoms with Crippen LogP contribution < -0.4 is 15.4 Å². The van der Waals surface area contributed by atoms with Gasteiger partial charge in [-0.25, -0.2) is 24.9 Å². The van der Waals surface area contributed by atoms with Crippen LogP contribution in [-0.2, 0) is 6.18 Å². The minimum absolute atomic E-state index is 0.318. The van der Waals surface area contributed by atoms with Crippen molar-refractivity contribution in [2.24, 2.45) is 0 Å². The number of carbonyl (C=O) groups is 1. The fraction of sp³-hybridized carbons (Fsp3) is 0.120. The van der Waals surface area contributed by atoms with Crippen molar-refractivity contribution in [1.29, 1.82) is 0 Å². The molecule has 4 aromatic heterocycles. The number of ether oxygens (including phenoxy) is 1.